The third-order valence-electron chi connectivity index (χ3n) is 4.77. The zero-order valence-corrected chi connectivity index (χ0v) is 18.6. The van der Waals surface area contributed by atoms with Crippen molar-refractivity contribution >= 4 is 13.3 Å². The number of pyridine rings is 1. The minimum atomic E-state index is -5.25. The van der Waals surface area contributed by atoms with Crippen molar-refractivity contribution in [2.24, 2.45) is 0 Å². The highest BCUT2D eigenvalue weighted by Crippen LogP contribution is 2.65. The van der Waals surface area contributed by atoms with E-state index in [4.69, 9.17) is 9.26 Å². The van der Waals surface area contributed by atoms with Gasteiger partial charge in [-0.25, -0.2) is 4.39 Å². The fourth-order valence-corrected chi connectivity index (χ4v) is 5.02. The summed E-state index contributed by atoms with van der Waals surface area (Å²) in [6.45, 7) is 0.894. The summed E-state index contributed by atoms with van der Waals surface area (Å²) in [5.41, 5.74) is -4.17. The van der Waals surface area contributed by atoms with E-state index in [1.807, 2.05) is 0 Å². The third kappa shape index (κ3) is 5.16. The molecule has 1 N–H and O–H groups in total. The molecule has 3 aromatic rings. The fraction of sp³-hybridized carbons (Fsp3) is 0.190. The van der Waals surface area contributed by atoms with Crippen LogP contribution in [-0.4, -0.2) is 21.4 Å². The Hall–Kier alpha value is -3.41. The second-order valence-corrected chi connectivity index (χ2v) is 8.91. The lowest BCUT2D eigenvalue weighted by Crippen LogP contribution is -2.36. The molecule has 0 aliphatic carbocycles. The van der Waals surface area contributed by atoms with Crippen molar-refractivity contribution < 1.29 is 45.6 Å². The zero-order valence-electron chi connectivity index (χ0n) is 17.7. The Morgan fingerprint density at radius 2 is 1.69 bits per heavy atom. The lowest BCUT2D eigenvalue weighted by molar-refractivity contribution is -0.388. The predicted molar refractivity (Wildman–Crippen MR) is 112 cm³/mol. The van der Waals surface area contributed by atoms with Crippen LogP contribution in [0.25, 0.3) is 0 Å². The maximum absolute atomic E-state index is 13.8. The van der Waals surface area contributed by atoms with Gasteiger partial charge in [-0.1, -0.05) is 18.2 Å². The predicted octanol–water partition coefficient (Wildman–Crippen LogP) is 5.79. The Bertz CT molecular complexity index is 1290. The second kappa shape index (κ2) is 9.68. The third-order valence-corrected chi connectivity index (χ3v) is 6.78. The van der Waals surface area contributed by atoms with Crippen LogP contribution in [0.15, 0.2) is 60.7 Å². The molecule has 1 heterocycles. The number of halogens is 5. The van der Waals surface area contributed by atoms with E-state index in [0.29, 0.717) is 6.07 Å². The first kappa shape index (κ1) is 26.2. The number of ether oxygens (including phenoxy) is 1. The molecule has 35 heavy (non-hydrogen) atoms. The maximum atomic E-state index is 13.8. The van der Waals surface area contributed by atoms with E-state index in [1.54, 1.807) is 0 Å². The SMILES string of the molecule is CCOP(=O)(O)C(Oc1cccc(F)n1)(c1ccc(F)cc1)c1ccc([N+](=O)[O-])c(C(F)(F)F)c1. The van der Waals surface area contributed by atoms with Crippen molar-refractivity contribution in [3.05, 3.63) is 99.2 Å². The van der Waals surface area contributed by atoms with Gasteiger partial charge < -0.3 is 14.2 Å². The summed E-state index contributed by atoms with van der Waals surface area (Å²) in [6.07, 6.45) is -5.25. The molecule has 8 nitrogen and oxygen atoms in total. The summed E-state index contributed by atoms with van der Waals surface area (Å²) < 4.78 is 92.9. The Labute approximate surface area is 194 Å². The molecule has 0 saturated carbocycles. The maximum Gasteiger partial charge on any atom is 0.423 e. The van der Waals surface area contributed by atoms with Crippen molar-refractivity contribution in [2.45, 2.75) is 18.4 Å². The fourth-order valence-electron chi connectivity index (χ4n) is 3.34. The number of hydrogen-bond donors (Lipinski definition) is 1. The summed E-state index contributed by atoms with van der Waals surface area (Å²) in [7, 11) is -5.23. The number of alkyl halides is 3. The number of nitrogens with zero attached hydrogens (tertiary/aromatic N) is 2. The molecule has 186 valence electrons. The van der Waals surface area contributed by atoms with Gasteiger partial charge in [0.15, 0.2) is 0 Å². The molecule has 0 fully saturated rings. The van der Waals surface area contributed by atoms with E-state index >= 15 is 0 Å². The van der Waals surface area contributed by atoms with E-state index < -0.39 is 65.1 Å². The standard InChI is InChI=1S/C21H16F5N2O6P/c1-2-33-35(31,32)20(13-6-9-15(22)10-7-13,34-19-5-3-4-18(23)27-19)14-8-11-17(28(29)30)16(12-14)21(24,25)26/h3-12H,2H2,1H3,(H,31,32). The summed E-state index contributed by atoms with van der Waals surface area (Å²) >= 11 is 0. The first-order valence-electron chi connectivity index (χ1n) is 9.73. The van der Waals surface area contributed by atoms with Crippen molar-refractivity contribution in [1.82, 2.24) is 4.98 Å². The molecule has 1 aromatic heterocycles. The molecular formula is C21H16F5N2O6P. The normalized spacial score (nSPS) is 15.2. The number of nitro groups is 1. The van der Waals surface area contributed by atoms with Crippen molar-refractivity contribution in [3.8, 4) is 5.88 Å². The number of aromatic nitrogens is 1. The van der Waals surface area contributed by atoms with E-state index in [2.05, 4.69) is 4.98 Å². The van der Waals surface area contributed by atoms with Gasteiger partial charge in [0.25, 0.3) is 11.0 Å². The molecule has 0 saturated heterocycles. The summed E-state index contributed by atoms with van der Waals surface area (Å²) in [5.74, 6) is -2.51. The Kier molecular flexibility index (Phi) is 7.25. The van der Waals surface area contributed by atoms with Crippen molar-refractivity contribution in [1.29, 1.82) is 0 Å². The van der Waals surface area contributed by atoms with Gasteiger partial charge in [0, 0.05) is 23.3 Å². The molecular weight excluding hydrogens is 502 g/mol. The smallest absolute Gasteiger partial charge is 0.423 e. The number of rotatable bonds is 8. The van der Waals surface area contributed by atoms with Gasteiger partial charge in [0.1, 0.15) is 11.4 Å². The molecule has 0 bridgehead atoms. The quantitative estimate of drug-likeness (QED) is 0.132. The van der Waals surface area contributed by atoms with Crippen LogP contribution in [0.3, 0.4) is 0 Å². The monoisotopic (exact) mass is 518 g/mol. The molecule has 0 spiro atoms. The number of nitro benzene ring substituents is 1. The minimum absolute atomic E-state index is 0.253. The summed E-state index contributed by atoms with van der Waals surface area (Å²) in [4.78, 5) is 24.4. The lowest BCUT2D eigenvalue weighted by Gasteiger charge is -2.37. The highest BCUT2D eigenvalue weighted by molar-refractivity contribution is 7.54. The highest BCUT2D eigenvalue weighted by atomic mass is 31.2. The van der Waals surface area contributed by atoms with Crippen LogP contribution in [0, 0.1) is 21.9 Å². The molecule has 14 heteroatoms. The molecule has 0 aliphatic heterocycles. The van der Waals surface area contributed by atoms with E-state index in [1.165, 1.54) is 6.92 Å². The average molecular weight is 518 g/mol. The second-order valence-electron chi connectivity index (χ2n) is 6.98. The molecule has 0 radical (unpaired) electrons. The molecule has 2 unspecified atom stereocenters. The van der Waals surface area contributed by atoms with Crippen LogP contribution < -0.4 is 4.74 Å². The highest BCUT2D eigenvalue weighted by Gasteiger charge is 2.56. The van der Waals surface area contributed by atoms with Gasteiger partial charge in [-0.2, -0.15) is 22.5 Å². The van der Waals surface area contributed by atoms with Gasteiger partial charge >= 0.3 is 13.8 Å². The first-order chi connectivity index (χ1) is 16.3. The molecule has 2 aromatic carbocycles. The van der Waals surface area contributed by atoms with E-state index in [9.17, 15) is 41.5 Å². The summed E-state index contributed by atoms with van der Waals surface area (Å²) in [5, 5.41) is 8.35. The van der Waals surface area contributed by atoms with E-state index in [-0.39, 0.29) is 11.6 Å². The Balaban J connectivity index is 2.45. The first-order valence-corrected chi connectivity index (χ1v) is 11.3. The van der Waals surface area contributed by atoms with Gasteiger partial charge in [-0.05, 0) is 37.3 Å². The topological polar surface area (TPSA) is 112 Å². The molecule has 2 atom stereocenters. The zero-order chi connectivity index (χ0) is 26.0. The van der Waals surface area contributed by atoms with Crippen LogP contribution in [0.2, 0.25) is 0 Å². The van der Waals surface area contributed by atoms with Crippen LogP contribution in [0.4, 0.5) is 27.6 Å². The lowest BCUT2D eigenvalue weighted by atomic mass is 9.97. The van der Waals surface area contributed by atoms with Gasteiger partial charge in [-0.15, -0.1) is 0 Å². The van der Waals surface area contributed by atoms with Gasteiger partial charge in [0.05, 0.1) is 11.5 Å². The Morgan fingerprint density at radius 3 is 2.23 bits per heavy atom. The number of hydrogen-bond acceptors (Lipinski definition) is 6. The minimum Gasteiger partial charge on any atom is -0.448 e. The van der Waals surface area contributed by atoms with Gasteiger partial charge in [-0.3, -0.25) is 14.7 Å². The summed E-state index contributed by atoms with van der Waals surface area (Å²) in [6, 6.07) is 8.17. The number of benzene rings is 2. The molecule has 0 amide bonds. The van der Waals surface area contributed by atoms with Crippen molar-refractivity contribution in [2.75, 3.05) is 6.61 Å². The Morgan fingerprint density at radius 1 is 1.06 bits per heavy atom. The molecule has 0 aliphatic rings. The largest absolute Gasteiger partial charge is 0.448 e. The van der Waals surface area contributed by atoms with Crippen LogP contribution in [-0.2, 0) is 20.6 Å². The van der Waals surface area contributed by atoms with Crippen molar-refractivity contribution in [3.63, 3.8) is 0 Å². The van der Waals surface area contributed by atoms with Crippen LogP contribution >= 0.6 is 7.60 Å². The van der Waals surface area contributed by atoms with E-state index in [0.717, 1.165) is 48.5 Å². The van der Waals surface area contributed by atoms with Gasteiger partial charge in [0.2, 0.25) is 11.8 Å². The average Bonchev–Trinajstić information content (AvgIpc) is 2.77. The van der Waals surface area contributed by atoms with Crippen LogP contribution in [0.1, 0.15) is 23.6 Å². The molecule has 3 rings (SSSR count). The van der Waals surface area contributed by atoms with Crippen LogP contribution in [0.5, 0.6) is 5.88 Å².